The van der Waals surface area contributed by atoms with Crippen molar-refractivity contribution in [2.45, 2.75) is 19.8 Å². The highest BCUT2D eigenvalue weighted by Crippen LogP contribution is 2.27. The van der Waals surface area contributed by atoms with Crippen molar-refractivity contribution >= 4 is 27.3 Å². The molecule has 1 aromatic rings. The number of aliphatic hydroxyl groups excluding tert-OH is 1. The van der Waals surface area contributed by atoms with Crippen LogP contribution in [0.25, 0.3) is 0 Å². The molecular weight excluding hydrogens is 300 g/mol. The van der Waals surface area contributed by atoms with E-state index < -0.39 is 4.92 Å². The van der Waals surface area contributed by atoms with Crippen molar-refractivity contribution in [3.05, 3.63) is 32.8 Å². The number of non-ortho nitro benzene ring substituents is 1. The fraction of sp³-hybridized carbons (Fsp3) is 0.500. The molecule has 2 N–H and O–H groups in total. The average molecular weight is 317 g/mol. The number of nitrogens with zero attached hydrogens (tertiary/aromatic N) is 1. The van der Waals surface area contributed by atoms with E-state index in [0.717, 1.165) is 25.1 Å². The van der Waals surface area contributed by atoms with E-state index in [1.54, 1.807) is 6.07 Å². The van der Waals surface area contributed by atoms with Gasteiger partial charge in [-0.05, 0) is 34.3 Å². The molecule has 0 heterocycles. The van der Waals surface area contributed by atoms with Crippen molar-refractivity contribution in [1.29, 1.82) is 0 Å². The maximum absolute atomic E-state index is 10.6. The number of nitro groups is 1. The Hall–Kier alpha value is -1.14. The lowest BCUT2D eigenvalue weighted by Crippen LogP contribution is -2.15. The van der Waals surface area contributed by atoms with Crippen molar-refractivity contribution in [1.82, 2.24) is 0 Å². The maximum atomic E-state index is 10.6. The number of anilines is 1. The Morgan fingerprint density at radius 3 is 2.78 bits per heavy atom. The third-order valence-electron chi connectivity index (χ3n) is 2.86. The summed E-state index contributed by atoms with van der Waals surface area (Å²) in [7, 11) is 0. The molecule has 6 heteroatoms. The van der Waals surface area contributed by atoms with Gasteiger partial charge >= 0.3 is 0 Å². The highest BCUT2D eigenvalue weighted by Gasteiger charge is 2.10. The largest absolute Gasteiger partial charge is 0.396 e. The third kappa shape index (κ3) is 4.27. The van der Waals surface area contributed by atoms with Gasteiger partial charge in [0.1, 0.15) is 0 Å². The molecular formula is C12H17BrN2O3. The predicted molar refractivity (Wildman–Crippen MR) is 74.8 cm³/mol. The molecule has 0 saturated heterocycles. The van der Waals surface area contributed by atoms with Crippen LogP contribution in [0.2, 0.25) is 0 Å². The Labute approximate surface area is 114 Å². The molecule has 1 unspecified atom stereocenters. The zero-order valence-electron chi connectivity index (χ0n) is 10.2. The number of hydrogen-bond donors (Lipinski definition) is 2. The highest BCUT2D eigenvalue weighted by atomic mass is 79.9. The molecule has 1 aromatic carbocycles. The first-order valence-corrected chi connectivity index (χ1v) is 6.66. The second-order valence-corrected chi connectivity index (χ2v) is 4.94. The Kier molecular flexibility index (Phi) is 6.07. The third-order valence-corrected chi connectivity index (χ3v) is 3.52. The number of nitrogens with one attached hydrogen (secondary N) is 1. The van der Waals surface area contributed by atoms with Gasteiger partial charge in [-0.1, -0.05) is 13.3 Å². The van der Waals surface area contributed by atoms with Gasteiger partial charge in [-0.3, -0.25) is 10.1 Å². The van der Waals surface area contributed by atoms with Gasteiger partial charge in [-0.15, -0.1) is 0 Å². The van der Waals surface area contributed by atoms with Crippen molar-refractivity contribution in [3.63, 3.8) is 0 Å². The van der Waals surface area contributed by atoms with E-state index >= 15 is 0 Å². The molecule has 100 valence electrons. The Morgan fingerprint density at radius 2 is 2.28 bits per heavy atom. The summed E-state index contributed by atoms with van der Waals surface area (Å²) in [5, 5.41) is 22.7. The van der Waals surface area contributed by atoms with Gasteiger partial charge in [0.15, 0.2) is 0 Å². The molecule has 1 rings (SSSR count). The van der Waals surface area contributed by atoms with Gasteiger partial charge in [0.2, 0.25) is 0 Å². The maximum Gasteiger partial charge on any atom is 0.270 e. The van der Waals surface area contributed by atoms with Crippen LogP contribution < -0.4 is 5.32 Å². The van der Waals surface area contributed by atoms with Crippen LogP contribution in [0.4, 0.5) is 11.4 Å². The summed E-state index contributed by atoms with van der Waals surface area (Å²) in [6, 6.07) is 4.64. The summed E-state index contributed by atoms with van der Waals surface area (Å²) in [6.45, 7) is 3.00. The molecule has 0 spiro atoms. The lowest BCUT2D eigenvalue weighted by Gasteiger charge is -2.16. The van der Waals surface area contributed by atoms with Crippen molar-refractivity contribution in [2.24, 2.45) is 5.92 Å². The van der Waals surface area contributed by atoms with Gasteiger partial charge in [0, 0.05) is 35.4 Å². The van der Waals surface area contributed by atoms with Crippen LogP contribution in [-0.4, -0.2) is 23.2 Å². The van der Waals surface area contributed by atoms with E-state index in [9.17, 15) is 10.1 Å². The quantitative estimate of drug-likeness (QED) is 0.598. The zero-order chi connectivity index (χ0) is 13.5. The standard InChI is InChI=1S/C12H17BrN2O3/c1-2-9(5-6-16)8-14-12-4-3-10(15(17)18)7-11(12)13/h3-4,7,9,14,16H,2,5-6,8H2,1H3. The van der Waals surface area contributed by atoms with Crippen LogP contribution in [0.3, 0.4) is 0 Å². The lowest BCUT2D eigenvalue weighted by molar-refractivity contribution is -0.384. The van der Waals surface area contributed by atoms with E-state index in [2.05, 4.69) is 28.2 Å². The molecule has 0 radical (unpaired) electrons. The molecule has 0 saturated carbocycles. The van der Waals surface area contributed by atoms with E-state index in [-0.39, 0.29) is 12.3 Å². The molecule has 0 fully saturated rings. The molecule has 0 aromatic heterocycles. The Morgan fingerprint density at radius 1 is 1.56 bits per heavy atom. The first-order chi connectivity index (χ1) is 8.58. The van der Waals surface area contributed by atoms with Crippen LogP contribution in [-0.2, 0) is 0 Å². The highest BCUT2D eigenvalue weighted by molar-refractivity contribution is 9.10. The number of benzene rings is 1. The van der Waals surface area contributed by atoms with Crippen LogP contribution >= 0.6 is 15.9 Å². The van der Waals surface area contributed by atoms with E-state index in [1.165, 1.54) is 12.1 Å². The number of aliphatic hydroxyl groups is 1. The average Bonchev–Trinajstić information content (AvgIpc) is 2.35. The minimum Gasteiger partial charge on any atom is -0.396 e. The van der Waals surface area contributed by atoms with Crippen LogP contribution in [0, 0.1) is 16.0 Å². The SMILES string of the molecule is CCC(CCO)CNc1ccc([N+](=O)[O-])cc1Br. The Balaban J connectivity index is 2.65. The monoisotopic (exact) mass is 316 g/mol. The summed E-state index contributed by atoms with van der Waals surface area (Å²) in [5.74, 6) is 0.400. The second kappa shape index (κ2) is 7.33. The molecule has 0 aliphatic carbocycles. The Bertz CT molecular complexity index is 412. The first kappa shape index (κ1) is 14.9. The number of rotatable bonds is 7. The van der Waals surface area contributed by atoms with E-state index in [0.29, 0.717) is 10.4 Å². The van der Waals surface area contributed by atoms with Gasteiger partial charge in [-0.25, -0.2) is 0 Å². The normalized spacial score (nSPS) is 12.2. The van der Waals surface area contributed by atoms with Crippen LogP contribution in [0.1, 0.15) is 19.8 Å². The first-order valence-electron chi connectivity index (χ1n) is 5.87. The molecule has 1 atom stereocenters. The number of halogens is 1. The molecule has 0 aliphatic heterocycles. The van der Waals surface area contributed by atoms with Crippen molar-refractivity contribution < 1.29 is 10.0 Å². The lowest BCUT2D eigenvalue weighted by atomic mass is 10.0. The smallest absolute Gasteiger partial charge is 0.270 e. The molecule has 18 heavy (non-hydrogen) atoms. The molecule has 0 amide bonds. The summed E-state index contributed by atoms with van der Waals surface area (Å²) in [6.07, 6.45) is 1.74. The zero-order valence-corrected chi connectivity index (χ0v) is 11.8. The topological polar surface area (TPSA) is 75.4 Å². The van der Waals surface area contributed by atoms with Crippen molar-refractivity contribution in [2.75, 3.05) is 18.5 Å². The van der Waals surface area contributed by atoms with Crippen molar-refractivity contribution in [3.8, 4) is 0 Å². The van der Waals surface area contributed by atoms with Gasteiger partial charge in [0.05, 0.1) is 4.92 Å². The summed E-state index contributed by atoms with van der Waals surface area (Å²) < 4.78 is 0.676. The minimum atomic E-state index is -0.421. The number of hydrogen-bond acceptors (Lipinski definition) is 4. The van der Waals surface area contributed by atoms with Gasteiger partial charge < -0.3 is 10.4 Å². The fourth-order valence-electron chi connectivity index (χ4n) is 1.65. The van der Waals surface area contributed by atoms with Crippen LogP contribution in [0.5, 0.6) is 0 Å². The molecule has 5 nitrogen and oxygen atoms in total. The van der Waals surface area contributed by atoms with E-state index in [4.69, 9.17) is 5.11 Å². The summed E-state index contributed by atoms with van der Waals surface area (Å²) in [5.41, 5.74) is 0.895. The van der Waals surface area contributed by atoms with Gasteiger partial charge in [-0.2, -0.15) is 0 Å². The summed E-state index contributed by atoms with van der Waals surface area (Å²) >= 11 is 3.31. The molecule has 0 aliphatic rings. The molecule has 0 bridgehead atoms. The van der Waals surface area contributed by atoms with E-state index in [1.807, 2.05) is 0 Å². The minimum absolute atomic E-state index is 0.0647. The predicted octanol–water partition coefficient (Wildman–Crippen LogP) is 3.18. The number of nitro benzene ring substituents is 1. The van der Waals surface area contributed by atoms with Gasteiger partial charge in [0.25, 0.3) is 5.69 Å². The second-order valence-electron chi connectivity index (χ2n) is 4.09. The fourth-order valence-corrected chi connectivity index (χ4v) is 2.16. The summed E-state index contributed by atoms with van der Waals surface area (Å²) in [4.78, 5) is 10.2. The van der Waals surface area contributed by atoms with Crippen LogP contribution in [0.15, 0.2) is 22.7 Å².